The second-order valence-electron chi connectivity index (χ2n) is 3.74. The number of nitro benzene ring substituents is 1. The van der Waals surface area contributed by atoms with Crippen LogP contribution in [0.5, 0.6) is 0 Å². The first-order chi connectivity index (χ1) is 8.58. The fraction of sp³-hybridized carbons (Fsp3) is 0.167. The van der Waals surface area contributed by atoms with E-state index in [9.17, 15) is 19.7 Å². The molecule has 0 atom stereocenters. The minimum absolute atomic E-state index is 0.0608. The molecule has 0 radical (unpaired) electrons. The van der Waals surface area contributed by atoms with E-state index < -0.39 is 10.4 Å². The van der Waals surface area contributed by atoms with Crippen LogP contribution in [0, 0.1) is 10.1 Å². The van der Waals surface area contributed by atoms with Crippen molar-refractivity contribution in [2.24, 2.45) is 0 Å². The minimum Gasteiger partial charge on any atom is -0.456 e. The van der Waals surface area contributed by atoms with Gasteiger partial charge in [-0.3, -0.25) is 19.7 Å². The maximum absolute atomic E-state index is 11.9. The summed E-state index contributed by atoms with van der Waals surface area (Å²) in [5, 5.41) is 11.0. The van der Waals surface area contributed by atoms with E-state index in [-0.39, 0.29) is 22.2 Å². The fourth-order valence-electron chi connectivity index (χ4n) is 1.72. The average Bonchev–Trinajstić information content (AvgIpc) is 2.38. The summed E-state index contributed by atoms with van der Waals surface area (Å²) in [5.41, 5.74) is -0.425. The lowest BCUT2D eigenvalue weighted by molar-refractivity contribution is -0.383. The van der Waals surface area contributed by atoms with Crippen molar-refractivity contribution in [1.82, 2.24) is 0 Å². The molecule has 18 heavy (non-hydrogen) atoms. The van der Waals surface area contributed by atoms with Crippen LogP contribution in [0.1, 0.15) is 22.8 Å². The Bertz CT molecular complexity index is 701. The smallest absolute Gasteiger partial charge is 0.312 e. The van der Waals surface area contributed by atoms with Crippen molar-refractivity contribution in [3.05, 3.63) is 49.9 Å². The topological polar surface area (TPSA) is 90.4 Å². The van der Waals surface area contributed by atoms with Gasteiger partial charge in [-0.2, -0.15) is 0 Å². The van der Waals surface area contributed by atoms with Crippen LogP contribution in [0.2, 0.25) is 0 Å². The summed E-state index contributed by atoms with van der Waals surface area (Å²) in [6.45, 7) is 1.82. The number of rotatable bonds is 3. The molecule has 0 amide bonds. The van der Waals surface area contributed by atoms with Gasteiger partial charge in [-0.15, -0.1) is 0 Å². The number of nitro groups is 1. The molecule has 0 fully saturated rings. The van der Waals surface area contributed by atoms with Crippen LogP contribution in [-0.4, -0.2) is 11.2 Å². The van der Waals surface area contributed by atoms with Gasteiger partial charge in [0.2, 0.25) is 11.0 Å². The number of aldehydes is 1. The van der Waals surface area contributed by atoms with Crippen molar-refractivity contribution in [2.75, 3.05) is 0 Å². The van der Waals surface area contributed by atoms with Gasteiger partial charge in [-0.25, -0.2) is 0 Å². The highest BCUT2D eigenvalue weighted by atomic mass is 16.6. The van der Waals surface area contributed by atoms with E-state index in [0.29, 0.717) is 18.3 Å². The molecule has 2 aromatic rings. The quantitative estimate of drug-likeness (QED) is 0.470. The van der Waals surface area contributed by atoms with Gasteiger partial charge in [0.05, 0.1) is 15.9 Å². The molecule has 92 valence electrons. The molecule has 0 unspecified atom stereocenters. The SMILES string of the molecule is CCc1cc([N+](=O)[O-])c2occ(C=O)c(=O)c2c1. The number of carbonyl (C=O) groups is 1. The third-order valence-corrected chi connectivity index (χ3v) is 2.67. The molecule has 0 bridgehead atoms. The van der Waals surface area contributed by atoms with Gasteiger partial charge in [-0.1, -0.05) is 6.92 Å². The molecule has 0 aliphatic carbocycles. The molecule has 1 heterocycles. The number of non-ortho nitro benzene ring substituents is 1. The van der Waals surface area contributed by atoms with E-state index in [4.69, 9.17) is 4.42 Å². The Morgan fingerprint density at radius 3 is 2.72 bits per heavy atom. The van der Waals surface area contributed by atoms with Gasteiger partial charge in [-0.05, 0) is 18.1 Å². The lowest BCUT2D eigenvalue weighted by Gasteiger charge is -2.02. The lowest BCUT2D eigenvalue weighted by Crippen LogP contribution is -2.09. The molecule has 1 aromatic carbocycles. The summed E-state index contributed by atoms with van der Waals surface area (Å²) in [6, 6.07) is 2.88. The molecule has 0 spiro atoms. The van der Waals surface area contributed by atoms with Crippen LogP contribution in [0.3, 0.4) is 0 Å². The number of benzene rings is 1. The molecular formula is C12H9NO5. The van der Waals surface area contributed by atoms with E-state index in [0.717, 1.165) is 6.26 Å². The first-order valence-corrected chi connectivity index (χ1v) is 5.26. The minimum atomic E-state index is -0.606. The van der Waals surface area contributed by atoms with Crippen molar-refractivity contribution in [2.45, 2.75) is 13.3 Å². The van der Waals surface area contributed by atoms with Gasteiger partial charge in [0.1, 0.15) is 6.26 Å². The zero-order chi connectivity index (χ0) is 13.3. The second-order valence-corrected chi connectivity index (χ2v) is 3.74. The van der Waals surface area contributed by atoms with Crippen LogP contribution in [0.4, 0.5) is 5.69 Å². The van der Waals surface area contributed by atoms with E-state index in [1.54, 1.807) is 0 Å². The Morgan fingerprint density at radius 1 is 1.44 bits per heavy atom. The van der Waals surface area contributed by atoms with E-state index >= 15 is 0 Å². The molecule has 0 N–H and O–H groups in total. The fourth-order valence-corrected chi connectivity index (χ4v) is 1.72. The second kappa shape index (κ2) is 4.40. The summed E-state index contributed by atoms with van der Waals surface area (Å²) in [4.78, 5) is 32.9. The Labute approximate surface area is 101 Å². The molecule has 6 heteroatoms. The zero-order valence-electron chi connectivity index (χ0n) is 9.50. The maximum atomic E-state index is 11.9. The van der Waals surface area contributed by atoms with Gasteiger partial charge in [0.15, 0.2) is 6.29 Å². The van der Waals surface area contributed by atoms with Crippen molar-refractivity contribution < 1.29 is 14.1 Å². The lowest BCUT2D eigenvalue weighted by atomic mass is 10.1. The van der Waals surface area contributed by atoms with Gasteiger partial charge in [0.25, 0.3) is 0 Å². The Kier molecular flexibility index (Phi) is 2.93. The third kappa shape index (κ3) is 1.77. The monoisotopic (exact) mass is 247 g/mol. The predicted octanol–water partition coefficient (Wildman–Crippen LogP) is 2.08. The zero-order valence-corrected chi connectivity index (χ0v) is 9.50. The number of nitrogens with zero attached hydrogens (tertiary/aromatic N) is 1. The third-order valence-electron chi connectivity index (χ3n) is 2.67. The highest BCUT2D eigenvalue weighted by molar-refractivity contribution is 5.89. The largest absolute Gasteiger partial charge is 0.456 e. The number of hydrogen-bond donors (Lipinski definition) is 0. The van der Waals surface area contributed by atoms with E-state index in [1.807, 2.05) is 6.92 Å². The van der Waals surface area contributed by atoms with Crippen LogP contribution < -0.4 is 5.43 Å². The highest BCUT2D eigenvalue weighted by Crippen LogP contribution is 2.26. The Hall–Kier alpha value is -2.50. The first kappa shape index (κ1) is 12.0. The number of aryl methyl sites for hydroxylation is 1. The maximum Gasteiger partial charge on any atom is 0.312 e. The summed E-state index contributed by atoms with van der Waals surface area (Å²) in [6.07, 6.45) is 1.85. The van der Waals surface area contributed by atoms with Crippen LogP contribution in [0.15, 0.2) is 27.6 Å². The van der Waals surface area contributed by atoms with E-state index in [2.05, 4.69) is 0 Å². The molecule has 0 saturated heterocycles. The highest BCUT2D eigenvalue weighted by Gasteiger charge is 2.19. The number of carbonyl (C=O) groups excluding carboxylic acids is 1. The van der Waals surface area contributed by atoms with Gasteiger partial charge < -0.3 is 4.42 Å². The van der Waals surface area contributed by atoms with E-state index in [1.165, 1.54) is 12.1 Å². The molecule has 0 aliphatic rings. The summed E-state index contributed by atoms with van der Waals surface area (Å²) < 4.78 is 5.03. The molecule has 1 aromatic heterocycles. The molecule has 6 nitrogen and oxygen atoms in total. The molecule has 0 aliphatic heterocycles. The average molecular weight is 247 g/mol. The predicted molar refractivity (Wildman–Crippen MR) is 63.9 cm³/mol. The summed E-state index contributed by atoms with van der Waals surface area (Å²) >= 11 is 0. The molecular weight excluding hydrogens is 238 g/mol. The molecule has 2 rings (SSSR count). The molecule has 0 saturated carbocycles. The first-order valence-electron chi connectivity index (χ1n) is 5.26. The van der Waals surface area contributed by atoms with Crippen molar-refractivity contribution in [3.8, 4) is 0 Å². The van der Waals surface area contributed by atoms with Crippen LogP contribution >= 0.6 is 0 Å². The Balaban J connectivity index is 2.95. The summed E-state index contributed by atoms with van der Waals surface area (Å²) in [7, 11) is 0. The van der Waals surface area contributed by atoms with Gasteiger partial charge >= 0.3 is 5.69 Å². The summed E-state index contributed by atoms with van der Waals surface area (Å²) in [5.74, 6) is 0. The van der Waals surface area contributed by atoms with Crippen molar-refractivity contribution in [3.63, 3.8) is 0 Å². The van der Waals surface area contributed by atoms with Crippen molar-refractivity contribution in [1.29, 1.82) is 0 Å². The number of hydrogen-bond acceptors (Lipinski definition) is 5. The Morgan fingerprint density at radius 2 is 2.17 bits per heavy atom. The van der Waals surface area contributed by atoms with Crippen LogP contribution in [-0.2, 0) is 6.42 Å². The van der Waals surface area contributed by atoms with Crippen LogP contribution in [0.25, 0.3) is 11.0 Å². The number of fused-ring (bicyclic) bond motifs is 1. The van der Waals surface area contributed by atoms with Gasteiger partial charge in [0, 0.05) is 6.07 Å². The normalized spacial score (nSPS) is 10.5. The van der Waals surface area contributed by atoms with Crippen molar-refractivity contribution >= 4 is 22.9 Å². The standard InChI is InChI=1S/C12H9NO5/c1-2-7-3-9-11(15)8(5-14)6-18-12(9)10(4-7)13(16)17/h3-6H,2H2,1H3.